The van der Waals surface area contributed by atoms with Crippen molar-refractivity contribution in [1.82, 2.24) is 15.3 Å². The number of aryl methyl sites for hydroxylation is 1. The first-order valence-electron chi connectivity index (χ1n) is 10.9. The molecule has 1 aromatic carbocycles. The van der Waals surface area contributed by atoms with E-state index in [4.69, 9.17) is 9.97 Å². The van der Waals surface area contributed by atoms with Crippen molar-refractivity contribution in [3.63, 3.8) is 0 Å². The Labute approximate surface area is 174 Å². The van der Waals surface area contributed by atoms with E-state index < -0.39 is 0 Å². The predicted molar refractivity (Wildman–Crippen MR) is 121 cm³/mol. The van der Waals surface area contributed by atoms with Crippen molar-refractivity contribution in [1.29, 1.82) is 0 Å². The van der Waals surface area contributed by atoms with Crippen LogP contribution < -0.4 is 10.6 Å². The fourth-order valence-corrected chi connectivity index (χ4v) is 4.26. The smallest absolute Gasteiger partial charge is 0.0936 e. The minimum absolute atomic E-state index is 0.407. The summed E-state index contributed by atoms with van der Waals surface area (Å²) in [7, 11) is 0. The molecule has 0 radical (unpaired) electrons. The second-order valence-electron chi connectivity index (χ2n) is 8.56. The molecule has 1 aliphatic rings. The zero-order chi connectivity index (χ0) is 20.2. The Morgan fingerprint density at radius 2 is 1.72 bits per heavy atom. The summed E-state index contributed by atoms with van der Waals surface area (Å²) in [4.78, 5) is 9.62. The van der Waals surface area contributed by atoms with Gasteiger partial charge in [0, 0.05) is 35.4 Å². The van der Waals surface area contributed by atoms with Crippen LogP contribution in [0.25, 0.3) is 10.9 Å². The van der Waals surface area contributed by atoms with Gasteiger partial charge in [-0.1, -0.05) is 51.0 Å². The van der Waals surface area contributed by atoms with Gasteiger partial charge >= 0.3 is 0 Å². The first-order valence-corrected chi connectivity index (χ1v) is 10.9. The molecule has 1 saturated carbocycles. The number of hydrogen-bond donors (Lipinski definition) is 2. The van der Waals surface area contributed by atoms with E-state index in [9.17, 15) is 0 Å². The van der Waals surface area contributed by atoms with Gasteiger partial charge in [0.1, 0.15) is 0 Å². The quantitative estimate of drug-likeness (QED) is 0.579. The van der Waals surface area contributed by atoms with Crippen molar-refractivity contribution in [3.05, 3.63) is 65.6 Å². The van der Waals surface area contributed by atoms with Crippen molar-refractivity contribution in [2.24, 2.45) is 0 Å². The molecule has 29 heavy (non-hydrogen) atoms. The average Bonchev–Trinajstić information content (AvgIpc) is 2.74. The van der Waals surface area contributed by atoms with Crippen LogP contribution in [0, 0.1) is 6.92 Å². The van der Waals surface area contributed by atoms with E-state index in [1.807, 2.05) is 0 Å². The molecule has 2 heterocycles. The van der Waals surface area contributed by atoms with Crippen molar-refractivity contribution < 1.29 is 0 Å². The maximum absolute atomic E-state index is 4.82. The third-order valence-electron chi connectivity index (χ3n) is 5.93. The highest BCUT2D eigenvalue weighted by Gasteiger charge is 2.25. The lowest BCUT2D eigenvalue weighted by Crippen LogP contribution is -2.46. The molecule has 1 fully saturated rings. The van der Waals surface area contributed by atoms with Gasteiger partial charge < -0.3 is 10.6 Å². The first-order chi connectivity index (χ1) is 14.1. The lowest BCUT2D eigenvalue weighted by molar-refractivity contribution is 0.341. The Kier molecular flexibility index (Phi) is 6.10. The molecule has 152 valence electrons. The molecule has 4 heteroatoms. The van der Waals surface area contributed by atoms with Crippen LogP contribution >= 0.6 is 0 Å². The topological polar surface area (TPSA) is 49.8 Å². The Morgan fingerprint density at radius 1 is 0.931 bits per heavy atom. The van der Waals surface area contributed by atoms with Gasteiger partial charge in [0.2, 0.25) is 0 Å². The van der Waals surface area contributed by atoms with Crippen LogP contribution in [0.15, 0.2) is 48.5 Å². The Balaban J connectivity index is 1.48. The predicted octanol–water partition coefficient (Wildman–Crippen LogP) is 5.57. The second kappa shape index (κ2) is 8.91. The highest BCUT2D eigenvalue weighted by atomic mass is 15.0. The van der Waals surface area contributed by atoms with Crippen LogP contribution in [0.4, 0.5) is 5.69 Å². The lowest BCUT2D eigenvalue weighted by atomic mass is 9.90. The number of nitrogens with zero attached hydrogens (tertiary/aromatic N) is 2. The third kappa shape index (κ3) is 4.76. The summed E-state index contributed by atoms with van der Waals surface area (Å²) in [6.07, 6.45) is 4.93. The number of benzene rings is 1. The molecule has 0 bridgehead atoms. The van der Waals surface area contributed by atoms with Gasteiger partial charge in [0.15, 0.2) is 0 Å². The molecule has 4 rings (SSSR count). The lowest BCUT2D eigenvalue weighted by Gasteiger charge is -2.34. The van der Waals surface area contributed by atoms with E-state index in [0.29, 0.717) is 18.0 Å². The maximum atomic E-state index is 4.82. The molecular formula is C25H32N4. The molecule has 0 aliphatic heterocycles. The Morgan fingerprint density at radius 3 is 2.55 bits per heavy atom. The fraction of sp³-hybridized carbons (Fsp3) is 0.440. The van der Waals surface area contributed by atoms with Gasteiger partial charge in [-0.05, 0) is 49.9 Å². The Bertz CT molecular complexity index is 966. The van der Waals surface area contributed by atoms with Crippen LogP contribution in [0.5, 0.6) is 0 Å². The zero-order valence-electron chi connectivity index (χ0n) is 17.8. The average molecular weight is 389 g/mol. The maximum Gasteiger partial charge on any atom is 0.0936 e. The highest BCUT2D eigenvalue weighted by molar-refractivity contribution is 5.90. The zero-order valence-corrected chi connectivity index (χ0v) is 17.8. The SMILES string of the molecule is Cc1ccc2cccc(N[C@H]3CCCC[C@@H]3NCc3cccc(C(C)C)n3)c2n1. The van der Waals surface area contributed by atoms with E-state index in [0.717, 1.165) is 29.1 Å². The van der Waals surface area contributed by atoms with Gasteiger partial charge in [-0.3, -0.25) is 9.97 Å². The van der Waals surface area contributed by atoms with Crippen molar-refractivity contribution in [3.8, 4) is 0 Å². The minimum atomic E-state index is 0.407. The molecule has 1 aliphatic carbocycles. The number of aromatic nitrogens is 2. The summed E-state index contributed by atoms with van der Waals surface area (Å²) in [5, 5.41) is 8.80. The summed E-state index contributed by atoms with van der Waals surface area (Å²) in [6, 6.07) is 17.9. The summed E-state index contributed by atoms with van der Waals surface area (Å²) >= 11 is 0. The molecule has 0 unspecified atom stereocenters. The third-order valence-corrected chi connectivity index (χ3v) is 5.93. The minimum Gasteiger partial charge on any atom is -0.379 e. The number of rotatable bonds is 6. The highest BCUT2D eigenvalue weighted by Crippen LogP contribution is 2.27. The largest absolute Gasteiger partial charge is 0.379 e. The molecule has 3 aromatic rings. The molecule has 2 atom stereocenters. The first kappa shape index (κ1) is 19.8. The van der Waals surface area contributed by atoms with E-state index in [2.05, 4.69) is 79.9 Å². The molecular weight excluding hydrogens is 356 g/mol. The van der Waals surface area contributed by atoms with Crippen LogP contribution in [0.3, 0.4) is 0 Å². The number of hydrogen-bond acceptors (Lipinski definition) is 4. The van der Waals surface area contributed by atoms with Crippen LogP contribution in [0.2, 0.25) is 0 Å². The molecule has 0 saturated heterocycles. The number of fused-ring (bicyclic) bond motifs is 1. The summed E-state index contributed by atoms with van der Waals surface area (Å²) < 4.78 is 0. The van der Waals surface area contributed by atoms with Gasteiger partial charge in [-0.25, -0.2) is 0 Å². The van der Waals surface area contributed by atoms with Crippen LogP contribution in [0.1, 0.15) is 62.5 Å². The van der Waals surface area contributed by atoms with Crippen molar-refractivity contribution >= 4 is 16.6 Å². The van der Waals surface area contributed by atoms with Crippen LogP contribution in [-0.2, 0) is 6.54 Å². The normalized spacial score (nSPS) is 19.6. The molecule has 4 nitrogen and oxygen atoms in total. The Hall–Kier alpha value is -2.46. The molecule has 2 aromatic heterocycles. The van der Waals surface area contributed by atoms with Gasteiger partial charge in [0.05, 0.1) is 16.9 Å². The van der Waals surface area contributed by atoms with Crippen LogP contribution in [-0.4, -0.2) is 22.1 Å². The number of pyridine rings is 2. The number of nitrogens with one attached hydrogen (secondary N) is 2. The number of para-hydroxylation sites is 1. The monoisotopic (exact) mass is 388 g/mol. The fourth-order valence-electron chi connectivity index (χ4n) is 4.26. The van der Waals surface area contributed by atoms with Gasteiger partial charge in [-0.15, -0.1) is 0 Å². The second-order valence-corrected chi connectivity index (χ2v) is 8.56. The summed E-state index contributed by atoms with van der Waals surface area (Å²) in [6.45, 7) is 7.26. The standard InChI is InChI=1S/C25H32N4/c1-17(2)21-12-7-9-20(28-21)16-26-22-10-4-5-11-23(22)29-24-13-6-8-19-15-14-18(3)27-25(19)24/h6-9,12-15,17,22-23,26,29H,4-5,10-11,16H2,1-3H3/t22-,23-/m0/s1. The van der Waals surface area contributed by atoms with Crippen molar-refractivity contribution in [2.45, 2.75) is 71.0 Å². The molecule has 2 N–H and O–H groups in total. The summed E-state index contributed by atoms with van der Waals surface area (Å²) in [5.74, 6) is 0.460. The van der Waals surface area contributed by atoms with E-state index in [-0.39, 0.29) is 0 Å². The van der Waals surface area contributed by atoms with E-state index >= 15 is 0 Å². The van der Waals surface area contributed by atoms with E-state index in [1.54, 1.807) is 0 Å². The van der Waals surface area contributed by atoms with Crippen molar-refractivity contribution in [2.75, 3.05) is 5.32 Å². The summed E-state index contributed by atoms with van der Waals surface area (Å²) in [5.41, 5.74) is 5.57. The molecule has 0 amide bonds. The number of anilines is 1. The van der Waals surface area contributed by atoms with Gasteiger partial charge in [0.25, 0.3) is 0 Å². The van der Waals surface area contributed by atoms with E-state index in [1.165, 1.54) is 36.8 Å². The van der Waals surface area contributed by atoms with Gasteiger partial charge in [-0.2, -0.15) is 0 Å². The molecule has 0 spiro atoms.